The Labute approximate surface area is 415 Å². The second-order valence-electron chi connectivity index (χ2n) is 27.3. The molecule has 0 radical (unpaired) electrons. The molecule has 0 unspecified atom stereocenters. The van der Waals surface area contributed by atoms with Crippen LogP contribution in [0, 0.1) is 0 Å². The molecule has 2 aliphatic heterocycles. The molecule has 0 spiro atoms. The van der Waals surface area contributed by atoms with Crippen molar-refractivity contribution in [2.75, 3.05) is 0 Å². The van der Waals surface area contributed by atoms with Crippen molar-refractivity contribution in [1.82, 2.24) is 0 Å². The SMILES string of the molecule is CC(C)(C)c1cc2c(c(C(C)(C)C)c1)OP(=O)(O)Oc1c(cc(C(C)(C)C)cc1C(C)(C)C)C2.CC(C)(C)c1cc2c(c(C(C)(C)C)c1)OP(=O)(O)Oc1c(cc(C(C)(C)C)cc1C(C)(C)C)S2. The summed E-state index contributed by atoms with van der Waals surface area (Å²) in [6.07, 6.45) is 0.560. The highest BCUT2D eigenvalue weighted by Crippen LogP contribution is 2.59. The molecule has 0 saturated heterocycles. The molecule has 0 atom stereocenters. The molecule has 2 N–H and O–H groups in total. The Kier molecular flexibility index (Phi) is 14.6. The molecule has 68 heavy (non-hydrogen) atoms. The summed E-state index contributed by atoms with van der Waals surface area (Å²) in [6.45, 7) is 51.4. The average Bonchev–Trinajstić information content (AvgIpc) is 3.08. The minimum Gasteiger partial charge on any atom is -0.395 e. The van der Waals surface area contributed by atoms with Gasteiger partial charge in [-0.25, -0.2) is 9.13 Å². The maximum Gasteiger partial charge on any atom is 0.584 e. The van der Waals surface area contributed by atoms with Gasteiger partial charge in [0.2, 0.25) is 0 Å². The number of hydrogen-bond acceptors (Lipinski definition) is 7. The van der Waals surface area contributed by atoms with Crippen LogP contribution in [0.5, 0.6) is 23.0 Å². The summed E-state index contributed by atoms with van der Waals surface area (Å²) in [5.41, 5.74) is 8.64. The zero-order valence-electron chi connectivity index (χ0n) is 46.0. The number of fused-ring (bicyclic) bond motifs is 4. The van der Waals surface area contributed by atoms with Crippen LogP contribution in [0.15, 0.2) is 58.3 Å². The van der Waals surface area contributed by atoms with E-state index < -0.39 is 15.6 Å². The average molecular weight is 991 g/mol. The molecule has 4 aromatic carbocycles. The lowest BCUT2D eigenvalue weighted by Gasteiger charge is -2.33. The van der Waals surface area contributed by atoms with Gasteiger partial charge in [-0.1, -0.05) is 214 Å². The van der Waals surface area contributed by atoms with Gasteiger partial charge >= 0.3 is 15.6 Å². The Balaban J connectivity index is 0.000000254. The third-order valence-electron chi connectivity index (χ3n) is 12.6. The standard InChI is InChI=1S/C29H43O4P.C28H41O4PS/c1-26(2,3)20-14-18-13-19-15-21(27(4,5)6)17-23(29(10,11)12)25(19)33-34(30,31)32-24(18)22(16-20)28(7,8)9;1-25(2,3)17-13-19(27(7,8)9)23-21(15-17)34-22-16-18(26(4,5)6)14-20(28(10,11)12)24(22)32-33(29,30)31-23/h14-17H,13H2,1-12H3,(H,30,31);13-16H,1-12H3,(H,29,30). The van der Waals surface area contributed by atoms with Crippen molar-refractivity contribution in [2.45, 2.75) is 226 Å². The fourth-order valence-electron chi connectivity index (χ4n) is 8.18. The Morgan fingerprint density at radius 1 is 0.353 bits per heavy atom. The first-order valence-corrected chi connectivity index (χ1v) is 27.9. The van der Waals surface area contributed by atoms with Gasteiger partial charge in [-0.05, 0) is 88.8 Å². The van der Waals surface area contributed by atoms with Crippen molar-refractivity contribution in [3.63, 3.8) is 0 Å². The van der Waals surface area contributed by atoms with Crippen molar-refractivity contribution in [1.29, 1.82) is 0 Å². The highest BCUT2D eigenvalue weighted by Gasteiger charge is 2.40. The minimum absolute atomic E-state index is 0.0799. The van der Waals surface area contributed by atoms with Crippen LogP contribution in [-0.2, 0) is 58.9 Å². The quantitative estimate of drug-likeness (QED) is 0.166. The summed E-state index contributed by atoms with van der Waals surface area (Å²) >= 11 is 1.56. The molecule has 376 valence electrons. The van der Waals surface area contributed by atoms with Crippen molar-refractivity contribution in [3.05, 3.63) is 104 Å². The predicted molar refractivity (Wildman–Crippen MR) is 284 cm³/mol. The molecule has 2 aliphatic rings. The second kappa shape index (κ2) is 17.8. The van der Waals surface area contributed by atoms with E-state index in [4.69, 9.17) is 18.1 Å². The van der Waals surface area contributed by atoms with Crippen LogP contribution in [0.3, 0.4) is 0 Å². The van der Waals surface area contributed by atoms with Gasteiger partial charge in [0.25, 0.3) is 0 Å². The molecule has 8 nitrogen and oxygen atoms in total. The van der Waals surface area contributed by atoms with Crippen LogP contribution in [0.1, 0.15) is 222 Å². The molecular formula is C57H84O8P2S. The normalized spacial score (nSPS) is 16.5. The molecule has 0 bridgehead atoms. The summed E-state index contributed by atoms with van der Waals surface area (Å²) in [4.78, 5) is 23.5. The first-order valence-electron chi connectivity index (χ1n) is 24.0. The van der Waals surface area contributed by atoms with E-state index in [0.29, 0.717) is 29.4 Å². The molecule has 0 aromatic heterocycles. The third-order valence-corrected chi connectivity index (χ3v) is 15.3. The van der Waals surface area contributed by atoms with Crippen LogP contribution in [0.2, 0.25) is 0 Å². The molecule has 0 saturated carbocycles. The van der Waals surface area contributed by atoms with Gasteiger partial charge in [-0.3, -0.25) is 9.79 Å². The molecule has 6 rings (SSSR count). The lowest BCUT2D eigenvalue weighted by molar-refractivity contribution is 0.278. The number of phosphoric acid groups is 2. The van der Waals surface area contributed by atoms with Crippen molar-refractivity contribution < 1.29 is 37.0 Å². The third kappa shape index (κ3) is 12.8. The molecule has 0 amide bonds. The highest BCUT2D eigenvalue weighted by molar-refractivity contribution is 7.99. The monoisotopic (exact) mass is 991 g/mol. The molecule has 0 fully saturated rings. The molecule has 0 aliphatic carbocycles. The van der Waals surface area contributed by atoms with E-state index in [1.165, 1.54) is 11.1 Å². The topological polar surface area (TPSA) is 112 Å². The van der Waals surface area contributed by atoms with Gasteiger partial charge in [0.15, 0.2) is 0 Å². The Hall–Kier alpha value is -3.19. The minimum atomic E-state index is -4.44. The van der Waals surface area contributed by atoms with Crippen LogP contribution in [-0.4, -0.2) is 9.79 Å². The fraction of sp³-hybridized carbons (Fsp3) is 0.579. The van der Waals surface area contributed by atoms with Crippen molar-refractivity contribution >= 4 is 27.4 Å². The largest absolute Gasteiger partial charge is 0.584 e. The highest BCUT2D eigenvalue weighted by atomic mass is 32.2. The van der Waals surface area contributed by atoms with E-state index in [9.17, 15) is 18.9 Å². The van der Waals surface area contributed by atoms with E-state index in [0.717, 1.165) is 54.3 Å². The first-order chi connectivity index (χ1) is 30.2. The zero-order valence-corrected chi connectivity index (χ0v) is 48.6. The van der Waals surface area contributed by atoms with Gasteiger partial charge in [-0.15, -0.1) is 0 Å². The summed E-state index contributed by atoms with van der Waals surface area (Å²) < 4.78 is 50.1. The molecule has 4 aromatic rings. The maximum atomic E-state index is 13.4. The Morgan fingerprint density at radius 2 is 0.574 bits per heavy atom. The zero-order chi connectivity index (χ0) is 52.1. The van der Waals surface area contributed by atoms with E-state index >= 15 is 0 Å². The van der Waals surface area contributed by atoms with Gasteiger partial charge in [-0.2, -0.15) is 0 Å². The lowest BCUT2D eigenvalue weighted by atomic mass is 9.76. The number of phosphoric ester groups is 2. The van der Waals surface area contributed by atoms with Gasteiger partial charge in [0, 0.05) is 28.7 Å². The fourth-order valence-corrected chi connectivity index (χ4v) is 11.2. The molecule has 11 heteroatoms. The van der Waals surface area contributed by atoms with Crippen LogP contribution in [0.4, 0.5) is 0 Å². The maximum absolute atomic E-state index is 13.4. The van der Waals surface area contributed by atoms with Crippen molar-refractivity contribution in [2.24, 2.45) is 0 Å². The Morgan fingerprint density at radius 3 is 0.809 bits per heavy atom. The van der Waals surface area contributed by atoms with E-state index in [-0.39, 0.29) is 43.3 Å². The van der Waals surface area contributed by atoms with Crippen LogP contribution < -0.4 is 18.1 Å². The second-order valence-corrected chi connectivity index (χ2v) is 31.0. The Bertz CT molecular complexity index is 2320. The van der Waals surface area contributed by atoms with Crippen LogP contribution in [0.25, 0.3) is 0 Å². The van der Waals surface area contributed by atoms with Crippen molar-refractivity contribution in [3.8, 4) is 23.0 Å². The van der Waals surface area contributed by atoms with Gasteiger partial charge < -0.3 is 18.1 Å². The van der Waals surface area contributed by atoms with Crippen LogP contribution >= 0.6 is 27.4 Å². The lowest BCUT2D eigenvalue weighted by Crippen LogP contribution is -2.22. The summed E-state index contributed by atoms with van der Waals surface area (Å²) in [7, 11) is -8.87. The number of rotatable bonds is 0. The summed E-state index contributed by atoms with van der Waals surface area (Å²) in [6, 6.07) is 16.9. The van der Waals surface area contributed by atoms with E-state index in [1.54, 1.807) is 11.8 Å². The van der Waals surface area contributed by atoms with Gasteiger partial charge in [0.1, 0.15) is 23.0 Å². The number of hydrogen-bond donors (Lipinski definition) is 2. The van der Waals surface area contributed by atoms with Gasteiger partial charge in [0.05, 0.1) is 9.79 Å². The molecular weight excluding hydrogens is 907 g/mol. The van der Waals surface area contributed by atoms with E-state index in [2.05, 4.69) is 215 Å². The summed E-state index contributed by atoms with van der Waals surface area (Å²) in [5.74, 6) is 1.80. The molecule has 2 heterocycles. The van der Waals surface area contributed by atoms with E-state index in [1.807, 2.05) is 0 Å². The first kappa shape index (κ1) is 55.7. The number of benzene rings is 4. The smallest absolute Gasteiger partial charge is 0.395 e. The summed E-state index contributed by atoms with van der Waals surface area (Å²) in [5, 5.41) is 0. The predicted octanol–water partition coefficient (Wildman–Crippen LogP) is 17.2.